The first-order valence-electron chi connectivity index (χ1n) is 5.77. The Morgan fingerprint density at radius 2 is 1.89 bits per heavy atom. The second-order valence-electron chi connectivity index (χ2n) is 4.41. The predicted molar refractivity (Wildman–Crippen MR) is 72.7 cm³/mol. The van der Waals surface area contributed by atoms with Crippen LogP contribution in [0.25, 0.3) is 32.8 Å². The smallest absolute Gasteiger partial charge is 0.219 e. The maximum atomic E-state index is 10.8. The number of aromatic nitrogens is 1. The fourth-order valence-corrected chi connectivity index (χ4v) is 2.48. The van der Waals surface area contributed by atoms with E-state index in [1.807, 2.05) is 30.3 Å². The van der Waals surface area contributed by atoms with Gasteiger partial charge in [0.2, 0.25) is 5.88 Å². The fraction of sp³-hybridized carbons (Fsp3) is 0. The molecule has 4 aromatic rings. The van der Waals surface area contributed by atoms with Crippen LogP contribution in [0, 0.1) is 4.91 Å². The molecule has 2 aromatic heterocycles. The summed E-state index contributed by atoms with van der Waals surface area (Å²) in [4.78, 5) is 13.5. The number of para-hydroxylation sites is 1. The Labute approximate surface area is 106 Å². The molecule has 2 aromatic carbocycles. The molecule has 92 valence electrons. The summed E-state index contributed by atoms with van der Waals surface area (Å²) in [7, 11) is 0. The van der Waals surface area contributed by atoms with Crippen molar-refractivity contribution in [2.45, 2.75) is 0 Å². The average Bonchev–Trinajstić information content (AvgIpc) is 2.92. The van der Waals surface area contributed by atoms with Gasteiger partial charge in [-0.25, -0.2) is 0 Å². The van der Waals surface area contributed by atoms with E-state index in [1.54, 1.807) is 6.07 Å². The first-order valence-corrected chi connectivity index (χ1v) is 5.77. The average molecular weight is 252 g/mol. The fourth-order valence-electron chi connectivity index (χ4n) is 2.48. The Balaban J connectivity index is 2.24. The number of hydrogen-bond acceptors (Lipinski definition) is 4. The maximum absolute atomic E-state index is 10.8. The third-order valence-corrected chi connectivity index (χ3v) is 3.34. The monoisotopic (exact) mass is 252 g/mol. The molecule has 19 heavy (non-hydrogen) atoms. The van der Waals surface area contributed by atoms with Gasteiger partial charge in [-0.2, -0.15) is 0 Å². The summed E-state index contributed by atoms with van der Waals surface area (Å²) in [5.74, 6) is -0.220. The Hall–Kier alpha value is -2.82. The lowest BCUT2D eigenvalue weighted by Gasteiger charge is -1.91. The van der Waals surface area contributed by atoms with E-state index < -0.39 is 0 Å². The molecule has 2 heterocycles. The number of benzene rings is 2. The largest absolute Gasteiger partial charge is 0.493 e. The number of hydrogen-bond donors (Lipinski definition) is 2. The molecule has 0 aliphatic rings. The van der Waals surface area contributed by atoms with Crippen molar-refractivity contribution in [3.8, 4) is 5.88 Å². The Morgan fingerprint density at radius 3 is 2.74 bits per heavy atom. The second-order valence-corrected chi connectivity index (χ2v) is 4.41. The number of nitroso groups, excluding NO2 is 1. The molecule has 2 N–H and O–H groups in total. The van der Waals surface area contributed by atoms with Gasteiger partial charge in [-0.1, -0.05) is 18.2 Å². The van der Waals surface area contributed by atoms with Gasteiger partial charge >= 0.3 is 0 Å². The molecule has 0 unspecified atom stereocenters. The number of H-pyrrole nitrogens is 1. The molecule has 5 heteroatoms. The Bertz CT molecular complexity index is 949. The standard InChI is InChI=1S/C14H8N2O3/c17-14-13(16-18)9-5-8-7-3-1-2-4-11(7)19-12(8)6-10(9)15-14/h1-6,15,17H. The molecule has 4 rings (SSSR count). The van der Waals surface area contributed by atoms with Crippen LogP contribution in [-0.4, -0.2) is 10.1 Å². The lowest BCUT2D eigenvalue weighted by atomic mass is 10.1. The number of rotatable bonds is 1. The summed E-state index contributed by atoms with van der Waals surface area (Å²) in [5, 5.41) is 14.9. The summed E-state index contributed by atoms with van der Waals surface area (Å²) in [6.07, 6.45) is 0. The molecule has 0 saturated heterocycles. The van der Waals surface area contributed by atoms with Gasteiger partial charge in [0, 0.05) is 22.2 Å². The lowest BCUT2D eigenvalue weighted by molar-refractivity contribution is 0.460. The van der Waals surface area contributed by atoms with Crippen molar-refractivity contribution in [2.24, 2.45) is 5.18 Å². The van der Waals surface area contributed by atoms with Crippen molar-refractivity contribution in [1.82, 2.24) is 4.98 Å². The molecule has 0 aliphatic carbocycles. The highest BCUT2D eigenvalue weighted by molar-refractivity contribution is 6.12. The van der Waals surface area contributed by atoms with Crippen LogP contribution < -0.4 is 0 Å². The molecule has 0 amide bonds. The number of aromatic hydroxyl groups is 1. The highest BCUT2D eigenvalue weighted by atomic mass is 16.3. The molecule has 0 aliphatic heterocycles. The summed E-state index contributed by atoms with van der Waals surface area (Å²) in [6.45, 7) is 0. The van der Waals surface area contributed by atoms with Gasteiger partial charge in [0.15, 0.2) is 5.69 Å². The third-order valence-electron chi connectivity index (χ3n) is 3.34. The van der Waals surface area contributed by atoms with E-state index in [0.29, 0.717) is 16.5 Å². The third kappa shape index (κ3) is 1.24. The summed E-state index contributed by atoms with van der Waals surface area (Å²) in [6, 6.07) is 11.2. The number of nitrogens with one attached hydrogen (secondary N) is 1. The van der Waals surface area contributed by atoms with Gasteiger partial charge in [0.1, 0.15) is 11.2 Å². The van der Waals surface area contributed by atoms with Crippen molar-refractivity contribution >= 4 is 38.5 Å². The predicted octanol–water partition coefficient (Wildman–Crippen LogP) is 4.17. The van der Waals surface area contributed by atoms with Crippen molar-refractivity contribution < 1.29 is 9.52 Å². The van der Waals surface area contributed by atoms with Gasteiger partial charge in [-0.05, 0) is 17.3 Å². The second kappa shape index (κ2) is 3.35. The minimum absolute atomic E-state index is 0.0298. The minimum atomic E-state index is -0.220. The normalized spacial score (nSPS) is 11.6. The molecule has 0 saturated carbocycles. The summed E-state index contributed by atoms with van der Waals surface area (Å²) >= 11 is 0. The van der Waals surface area contributed by atoms with Crippen LogP contribution in [0.5, 0.6) is 5.88 Å². The van der Waals surface area contributed by atoms with Gasteiger partial charge in [0.25, 0.3) is 0 Å². The zero-order chi connectivity index (χ0) is 13.0. The van der Waals surface area contributed by atoms with Crippen molar-refractivity contribution in [1.29, 1.82) is 0 Å². The first-order chi connectivity index (χ1) is 9.28. The van der Waals surface area contributed by atoms with Gasteiger partial charge in [-0.3, -0.25) is 0 Å². The number of aromatic amines is 1. The van der Waals surface area contributed by atoms with Crippen LogP contribution in [0.1, 0.15) is 0 Å². The van der Waals surface area contributed by atoms with Crippen LogP contribution in [0.4, 0.5) is 5.69 Å². The first kappa shape index (κ1) is 10.1. The van der Waals surface area contributed by atoms with E-state index in [-0.39, 0.29) is 11.6 Å². The van der Waals surface area contributed by atoms with Gasteiger partial charge in [0.05, 0.1) is 5.52 Å². The highest BCUT2D eigenvalue weighted by Crippen LogP contribution is 2.39. The van der Waals surface area contributed by atoms with E-state index in [9.17, 15) is 10.0 Å². The SMILES string of the molecule is O=Nc1c(O)[nH]c2cc3oc4ccccc4c3cc12. The number of furan rings is 1. The Kier molecular flexibility index (Phi) is 1.79. The van der Waals surface area contributed by atoms with Gasteiger partial charge < -0.3 is 14.5 Å². The molecular formula is C14H8N2O3. The Morgan fingerprint density at radius 1 is 1.05 bits per heavy atom. The maximum Gasteiger partial charge on any atom is 0.219 e. The van der Waals surface area contributed by atoms with Crippen LogP contribution >= 0.6 is 0 Å². The molecule has 0 radical (unpaired) electrons. The zero-order valence-corrected chi connectivity index (χ0v) is 9.68. The molecule has 0 spiro atoms. The highest BCUT2D eigenvalue weighted by Gasteiger charge is 2.15. The molecule has 0 bridgehead atoms. The summed E-state index contributed by atoms with van der Waals surface area (Å²) < 4.78 is 5.73. The molecule has 0 fully saturated rings. The van der Waals surface area contributed by atoms with Crippen molar-refractivity contribution in [3.63, 3.8) is 0 Å². The van der Waals surface area contributed by atoms with E-state index in [2.05, 4.69) is 10.2 Å². The van der Waals surface area contributed by atoms with Crippen molar-refractivity contribution in [2.75, 3.05) is 0 Å². The molecule has 5 nitrogen and oxygen atoms in total. The van der Waals surface area contributed by atoms with E-state index in [4.69, 9.17) is 4.42 Å². The van der Waals surface area contributed by atoms with E-state index >= 15 is 0 Å². The van der Waals surface area contributed by atoms with Crippen LogP contribution in [-0.2, 0) is 0 Å². The van der Waals surface area contributed by atoms with Gasteiger partial charge in [-0.15, -0.1) is 4.91 Å². The number of nitrogens with zero attached hydrogens (tertiary/aromatic N) is 1. The topological polar surface area (TPSA) is 78.6 Å². The minimum Gasteiger partial charge on any atom is -0.493 e. The van der Waals surface area contributed by atoms with E-state index in [1.165, 1.54) is 0 Å². The molecular weight excluding hydrogens is 244 g/mol. The van der Waals surface area contributed by atoms with E-state index in [0.717, 1.165) is 16.4 Å². The van der Waals surface area contributed by atoms with Crippen LogP contribution in [0.15, 0.2) is 46.0 Å². The van der Waals surface area contributed by atoms with Crippen LogP contribution in [0.3, 0.4) is 0 Å². The zero-order valence-electron chi connectivity index (χ0n) is 9.68. The van der Waals surface area contributed by atoms with Crippen LogP contribution in [0.2, 0.25) is 0 Å². The quantitative estimate of drug-likeness (QED) is 0.499. The number of fused-ring (bicyclic) bond motifs is 4. The lowest BCUT2D eigenvalue weighted by Crippen LogP contribution is -1.69. The van der Waals surface area contributed by atoms with Crippen molar-refractivity contribution in [3.05, 3.63) is 41.3 Å². The summed E-state index contributed by atoms with van der Waals surface area (Å²) in [5.41, 5.74) is 2.14. The molecule has 0 atom stereocenters.